The first-order valence-electron chi connectivity index (χ1n) is 6.23. The molecule has 20 heavy (non-hydrogen) atoms. The van der Waals surface area contributed by atoms with E-state index in [1.807, 2.05) is 0 Å². The minimum atomic E-state index is -4.19. The SMILES string of the molecule is Nc1nc(N2CCCC(C(F)(F)F)C2)c2cn[nH]c2n1. The van der Waals surface area contributed by atoms with E-state index in [0.717, 1.165) is 0 Å². The summed E-state index contributed by atoms with van der Waals surface area (Å²) in [5.41, 5.74) is 6.02. The number of piperidine rings is 1. The summed E-state index contributed by atoms with van der Waals surface area (Å²) in [7, 11) is 0. The number of fused-ring (bicyclic) bond motifs is 1. The van der Waals surface area contributed by atoms with E-state index in [0.29, 0.717) is 29.8 Å². The Morgan fingerprint density at radius 3 is 2.90 bits per heavy atom. The van der Waals surface area contributed by atoms with Crippen molar-refractivity contribution in [2.75, 3.05) is 23.7 Å². The van der Waals surface area contributed by atoms with Crippen LogP contribution in [0.1, 0.15) is 12.8 Å². The second kappa shape index (κ2) is 4.50. The molecule has 6 nitrogen and oxygen atoms in total. The lowest BCUT2D eigenvalue weighted by Crippen LogP contribution is -2.42. The molecule has 0 bridgehead atoms. The summed E-state index contributed by atoms with van der Waals surface area (Å²) >= 11 is 0. The highest BCUT2D eigenvalue weighted by Gasteiger charge is 2.42. The summed E-state index contributed by atoms with van der Waals surface area (Å²) < 4.78 is 38.6. The van der Waals surface area contributed by atoms with Crippen molar-refractivity contribution in [3.05, 3.63) is 6.20 Å². The number of nitrogens with zero attached hydrogens (tertiary/aromatic N) is 4. The van der Waals surface area contributed by atoms with Gasteiger partial charge in [0.15, 0.2) is 5.65 Å². The number of hydrogen-bond donors (Lipinski definition) is 2. The number of nitrogens with one attached hydrogen (secondary N) is 1. The maximum atomic E-state index is 12.9. The predicted octanol–water partition coefficient (Wildman–Crippen LogP) is 1.71. The van der Waals surface area contributed by atoms with Crippen LogP contribution < -0.4 is 10.6 Å². The van der Waals surface area contributed by atoms with Gasteiger partial charge in [-0.2, -0.15) is 28.2 Å². The molecule has 1 atom stereocenters. The molecule has 1 saturated heterocycles. The fourth-order valence-corrected chi connectivity index (χ4v) is 2.51. The molecule has 3 N–H and O–H groups in total. The standard InChI is InChI=1S/C11H13F3N6/c12-11(13,14)6-2-1-3-20(5-6)9-7-4-16-19-8(7)17-10(15)18-9/h4,6H,1-3,5H2,(H3,15,16,17,18,19). The van der Waals surface area contributed by atoms with E-state index in [2.05, 4.69) is 20.2 Å². The van der Waals surface area contributed by atoms with Crippen LogP contribution in [-0.4, -0.2) is 39.4 Å². The van der Waals surface area contributed by atoms with Gasteiger partial charge < -0.3 is 10.6 Å². The van der Waals surface area contributed by atoms with Gasteiger partial charge in [-0.1, -0.05) is 0 Å². The van der Waals surface area contributed by atoms with Gasteiger partial charge >= 0.3 is 6.18 Å². The summed E-state index contributed by atoms with van der Waals surface area (Å²) in [5, 5.41) is 7.07. The van der Waals surface area contributed by atoms with E-state index in [1.54, 1.807) is 4.90 Å². The van der Waals surface area contributed by atoms with Gasteiger partial charge in [0.25, 0.3) is 0 Å². The quantitative estimate of drug-likeness (QED) is 0.833. The molecule has 1 fully saturated rings. The molecule has 0 saturated carbocycles. The van der Waals surface area contributed by atoms with Crippen LogP contribution in [0, 0.1) is 5.92 Å². The molecule has 3 rings (SSSR count). The number of H-pyrrole nitrogens is 1. The smallest absolute Gasteiger partial charge is 0.368 e. The van der Waals surface area contributed by atoms with Crippen LogP contribution in [0.3, 0.4) is 0 Å². The Hall–Kier alpha value is -2.06. The van der Waals surface area contributed by atoms with Gasteiger partial charge in [-0.3, -0.25) is 5.10 Å². The fraction of sp³-hybridized carbons (Fsp3) is 0.545. The third-order valence-corrected chi connectivity index (χ3v) is 3.49. The largest absolute Gasteiger partial charge is 0.393 e. The summed E-state index contributed by atoms with van der Waals surface area (Å²) in [6.45, 7) is 0.406. The molecule has 0 amide bonds. The maximum absolute atomic E-state index is 12.9. The molecule has 0 spiro atoms. The van der Waals surface area contributed by atoms with E-state index in [1.165, 1.54) is 6.20 Å². The third-order valence-electron chi connectivity index (χ3n) is 3.49. The van der Waals surface area contributed by atoms with Crippen LogP contribution in [0.2, 0.25) is 0 Å². The highest BCUT2D eigenvalue weighted by atomic mass is 19.4. The lowest BCUT2D eigenvalue weighted by atomic mass is 9.97. The van der Waals surface area contributed by atoms with Gasteiger partial charge in [0.1, 0.15) is 5.82 Å². The van der Waals surface area contributed by atoms with Crippen molar-refractivity contribution in [3.8, 4) is 0 Å². The Labute approximate surface area is 112 Å². The normalized spacial score (nSPS) is 20.6. The maximum Gasteiger partial charge on any atom is 0.393 e. The van der Waals surface area contributed by atoms with Gasteiger partial charge in [0.2, 0.25) is 5.95 Å². The zero-order valence-electron chi connectivity index (χ0n) is 10.5. The van der Waals surface area contributed by atoms with Crippen molar-refractivity contribution in [2.24, 2.45) is 5.92 Å². The second-order valence-electron chi connectivity index (χ2n) is 4.86. The third kappa shape index (κ3) is 2.23. The molecule has 0 aromatic carbocycles. The number of nitrogen functional groups attached to an aromatic ring is 1. The minimum absolute atomic E-state index is 0.0193. The monoisotopic (exact) mass is 286 g/mol. The first kappa shape index (κ1) is 12.9. The van der Waals surface area contributed by atoms with E-state index >= 15 is 0 Å². The van der Waals surface area contributed by atoms with E-state index < -0.39 is 12.1 Å². The first-order chi connectivity index (χ1) is 9.45. The van der Waals surface area contributed by atoms with E-state index in [4.69, 9.17) is 5.73 Å². The molecule has 9 heteroatoms. The number of rotatable bonds is 1. The van der Waals surface area contributed by atoms with Crippen molar-refractivity contribution in [3.63, 3.8) is 0 Å². The molecule has 0 radical (unpaired) electrons. The molecule has 2 aromatic heterocycles. The highest BCUT2D eigenvalue weighted by Crippen LogP contribution is 2.35. The second-order valence-corrected chi connectivity index (χ2v) is 4.86. The molecule has 1 aliphatic rings. The summed E-state index contributed by atoms with van der Waals surface area (Å²) in [5.74, 6) is -0.907. The van der Waals surface area contributed by atoms with Crippen LogP contribution in [0.15, 0.2) is 6.20 Å². The molecular formula is C11H13F3N6. The number of aromatic nitrogens is 4. The Kier molecular flexibility index (Phi) is 2.91. The van der Waals surface area contributed by atoms with Crippen LogP contribution in [0.25, 0.3) is 11.0 Å². The Morgan fingerprint density at radius 1 is 1.35 bits per heavy atom. The van der Waals surface area contributed by atoms with Crippen LogP contribution in [-0.2, 0) is 0 Å². The van der Waals surface area contributed by atoms with Gasteiger partial charge in [-0.15, -0.1) is 0 Å². The highest BCUT2D eigenvalue weighted by molar-refractivity contribution is 5.87. The van der Waals surface area contributed by atoms with Crippen molar-refractivity contribution < 1.29 is 13.2 Å². The first-order valence-corrected chi connectivity index (χ1v) is 6.23. The number of nitrogens with two attached hydrogens (primary N) is 1. The number of aromatic amines is 1. The molecule has 1 aliphatic heterocycles. The molecular weight excluding hydrogens is 273 g/mol. The minimum Gasteiger partial charge on any atom is -0.368 e. The molecule has 3 heterocycles. The number of anilines is 2. The summed E-state index contributed by atoms with van der Waals surface area (Å²) in [4.78, 5) is 9.65. The Bertz CT molecular complexity index is 622. The average molecular weight is 286 g/mol. The lowest BCUT2D eigenvalue weighted by molar-refractivity contribution is -0.176. The zero-order valence-corrected chi connectivity index (χ0v) is 10.5. The van der Waals surface area contributed by atoms with Crippen molar-refractivity contribution in [1.82, 2.24) is 20.2 Å². The summed E-state index contributed by atoms with van der Waals surface area (Å²) in [6.07, 6.45) is -2.07. The van der Waals surface area contributed by atoms with Crippen molar-refractivity contribution >= 4 is 22.8 Å². The Morgan fingerprint density at radius 2 is 2.15 bits per heavy atom. The topological polar surface area (TPSA) is 83.7 Å². The van der Waals surface area contributed by atoms with Gasteiger partial charge in [0.05, 0.1) is 17.5 Å². The van der Waals surface area contributed by atoms with Crippen LogP contribution in [0.5, 0.6) is 0 Å². The van der Waals surface area contributed by atoms with Crippen molar-refractivity contribution in [1.29, 1.82) is 0 Å². The average Bonchev–Trinajstić information content (AvgIpc) is 2.85. The number of alkyl halides is 3. The molecule has 0 aliphatic carbocycles. The van der Waals surface area contributed by atoms with Crippen LogP contribution >= 0.6 is 0 Å². The molecule has 1 unspecified atom stereocenters. The number of hydrogen-bond acceptors (Lipinski definition) is 5. The predicted molar refractivity (Wildman–Crippen MR) is 67.1 cm³/mol. The lowest BCUT2D eigenvalue weighted by Gasteiger charge is -2.34. The molecule has 2 aromatic rings. The van der Waals surface area contributed by atoms with Gasteiger partial charge in [0, 0.05) is 13.1 Å². The number of halogens is 3. The van der Waals surface area contributed by atoms with E-state index in [9.17, 15) is 13.2 Å². The van der Waals surface area contributed by atoms with Gasteiger partial charge in [-0.05, 0) is 12.8 Å². The fourth-order valence-electron chi connectivity index (χ4n) is 2.51. The van der Waals surface area contributed by atoms with Gasteiger partial charge in [-0.25, -0.2) is 0 Å². The van der Waals surface area contributed by atoms with Crippen LogP contribution in [0.4, 0.5) is 24.9 Å². The molecule has 108 valence electrons. The zero-order chi connectivity index (χ0) is 14.3. The summed E-state index contributed by atoms with van der Waals surface area (Å²) in [6, 6.07) is 0. The van der Waals surface area contributed by atoms with Crippen molar-refractivity contribution in [2.45, 2.75) is 19.0 Å². The Balaban J connectivity index is 1.96. The van der Waals surface area contributed by atoms with E-state index in [-0.39, 0.29) is 18.9 Å².